The first-order valence-corrected chi connectivity index (χ1v) is 9.80. The fourth-order valence-electron chi connectivity index (χ4n) is 3.21. The molecule has 0 bridgehead atoms. The Morgan fingerprint density at radius 3 is 2.52 bits per heavy atom. The third-order valence-corrected chi connectivity index (χ3v) is 5.60. The number of amides is 2. The van der Waals surface area contributed by atoms with Gasteiger partial charge in [-0.15, -0.1) is 0 Å². The number of nitrogen functional groups attached to an aromatic ring is 2. The molecule has 0 unspecified atom stereocenters. The van der Waals surface area contributed by atoms with Crippen LogP contribution in [0.15, 0.2) is 4.99 Å². The summed E-state index contributed by atoms with van der Waals surface area (Å²) in [5.74, 6) is 0.215. The van der Waals surface area contributed by atoms with Crippen molar-refractivity contribution in [1.29, 1.82) is 0 Å². The Labute approximate surface area is 170 Å². The zero-order chi connectivity index (χ0) is 19.8. The van der Waals surface area contributed by atoms with Crippen LogP contribution in [0.3, 0.4) is 0 Å². The lowest BCUT2D eigenvalue weighted by atomic mass is 9.88. The minimum Gasteiger partial charge on any atom is -0.382 e. The second-order valence-corrected chi connectivity index (χ2v) is 8.16. The molecule has 2 aliphatic heterocycles. The van der Waals surface area contributed by atoms with Gasteiger partial charge in [-0.3, -0.25) is 19.9 Å². The van der Waals surface area contributed by atoms with E-state index < -0.39 is 5.91 Å². The van der Waals surface area contributed by atoms with Crippen LogP contribution in [0.1, 0.15) is 37.2 Å². The van der Waals surface area contributed by atoms with E-state index in [0.29, 0.717) is 29.3 Å². The van der Waals surface area contributed by atoms with E-state index in [0.717, 1.165) is 12.8 Å². The van der Waals surface area contributed by atoms with Gasteiger partial charge in [0.1, 0.15) is 3.70 Å². The molecular weight excluding hydrogens is 463 g/mol. The first-order valence-electron chi connectivity index (χ1n) is 8.72. The van der Waals surface area contributed by atoms with Crippen LogP contribution in [-0.4, -0.2) is 57.8 Å². The first kappa shape index (κ1) is 19.6. The molecule has 0 saturated carbocycles. The van der Waals surface area contributed by atoms with Crippen molar-refractivity contribution in [3.63, 3.8) is 0 Å². The Morgan fingerprint density at radius 1 is 1.22 bits per heavy atom. The summed E-state index contributed by atoms with van der Waals surface area (Å²) in [6.45, 7) is 5.71. The molecular formula is C16H23IN8O2. The van der Waals surface area contributed by atoms with Crippen LogP contribution in [0.25, 0.3) is 0 Å². The lowest BCUT2D eigenvalue weighted by Crippen LogP contribution is -2.57. The van der Waals surface area contributed by atoms with E-state index in [-0.39, 0.29) is 34.7 Å². The van der Waals surface area contributed by atoms with Crippen LogP contribution >= 0.6 is 22.6 Å². The number of anilines is 2. The summed E-state index contributed by atoms with van der Waals surface area (Å²) in [5.41, 5.74) is 11.2. The van der Waals surface area contributed by atoms with E-state index in [4.69, 9.17) is 11.5 Å². The molecule has 1 aromatic rings. The largest absolute Gasteiger partial charge is 0.382 e. The summed E-state index contributed by atoms with van der Waals surface area (Å²) < 4.78 is 0.409. The number of nitrogens with zero attached hydrogens (tertiary/aromatic N) is 4. The average molecular weight is 486 g/mol. The molecule has 2 amide bonds. The predicted molar refractivity (Wildman–Crippen MR) is 110 cm³/mol. The molecule has 10 nitrogen and oxygen atoms in total. The highest BCUT2D eigenvalue weighted by molar-refractivity contribution is 14.1. The number of piperidine rings is 1. The van der Waals surface area contributed by atoms with Crippen LogP contribution in [0.5, 0.6) is 0 Å². The van der Waals surface area contributed by atoms with Crippen molar-refractivity contribution in [2.75, 3.05) is 31.1 Å². The fraction of sp³-hybridized carbons (Fsp3) is 0.562. The zero-order valence-corrected chi connectivity index (χ0v) is 17.4. The van der Waals surface area contributed by atoms with Gasteiger partial charge < -0.3 is 21.7 Å². The van der Waals surface area contributed by atoms with E-state index in [2.05, 4.69) is 25.6 Å². The molecule has 11 heteroatoms. The van der Waals surface area contributed by atoms with Gasteiger partial charge in [0.05, 0.1) is 12.1 Å². The molecule has 0 aliphatic carbocycles. The number of aromatic nitrogens is 2. The van der Waals surface area contributed by atoms with Crippen LogP contribution in [0.4, 0.5) is 11.6 Å². The lowest BCUT2D eigenvalue weighted by Gasteiger charge is -2.39. The van der Waals surface area contributed by atoms with Gasteiger partial charge >= 0.3 is 0 Å². The van der Waals surface area contributed by atoms with Gasteiger partial charge in [-0.25, -0.2) is 9.97 Å². The van der Waals surface area contributed by atoms with E-state index in [9.17, 15) is 9.59 Å². The number of likely N-dealkylation sites (tertiary alicyclic amines) is 1. The minimum atomic E-state index is -0.492. The molecule has 6 N–H and O–H groups in total. The van der Waals surface area contributed by atoms with Crippen molar-refractivity contribution < 1.29 is 9.59 Å². The maximum atomic E-state index is 12.5. The number of guanidine groups is 1. The summed E-state index contributed by atoms with van der Waals surface area (Å²) in [7, 11) is 0. The molecule has 1 fully saturated rings. The fourth-order valence-corrected chi connectivity index (χ4v) is 3.57. The van der Waals surface area contributed by atoms with Crippen molar-refractivity contribution in [1.82, 2.24) is 25.5 Å². The Balaban J connectivity index is 1.60. The number of hydrogen-bond donors (Lipinski definition) is 4. The Morgan fingerprint density at radius 2 is 1.89 bits per heavy atom. The topological polar surface area (TPSA) is 152 Å². The average Bonchev–Trinajstić information content (AvgIpc) is 3.00. The van der Waals surface area contributed by atoms with Gasteiger partial charge in [-0.1, -0.05) is 13.8 Å². The standard InChI is InChI=1S/C16H23IN8O2/c1-8(2)14(27)25-5-3-16(4-6-25)7-20-15(24-16)23-13(26)9-11(18)22-12(19)10(17)21-9/h8H,3-7H2,1-2H3,(H4,18,19,22)(H2,20,23,24,26). The summed E-state index contributed by atoms with van der Waals surface area (Å²) >= 11 is 1.89. The number of halogens is 1. The number of carbonyl (C=O) groups is 2. The first-order chi connectivity index (χ1) is 12.7. The maximum absolute atomic E-state index is 12.5. The van der Waals surface area contributed by atoms with Crippen molar-refractivity contribution in [3.05, 3.63) is 9.39 Å². The van der Waals surface area contributed by atoms with Crippen LogP contribution < -0.4 is 22.1 Å². The molecule has 3 rings (SSSR count). The number of carbonyl (C=O) groups excluding carboxylic acids is 2. The maximum Gasteiger partial charge on any atom is 0.280 e. The van der Waals surface area contributed by atoms with E-state index in [1.807, 2.05) is 41.3 Å². The van der Waals surface area contributed by atoms with E-state index in [1.54, 1.807) is 0 Å². The Hall–Kier alpha value is -2.18. The second kappa shape index (κ2) is 7.44. The van der Waals surface area contributed by atoms with E-state index in [1.165, 1.54) is 0 Å². The normalized spacial score (nSPS) is 18.4. The molecule has 146 valence electrons. The van der Waals surface area contributed by atoms with Gasteiger partial charge in [-0.2, -0.15) is 0 Å². The summed E-state index contributed by atoms with van der Waals surface area (Å²) in [5, 5.41) is 6.00. The Kier molecular flexibility index (Phi) is 5.40. The summed E-state index contributed by atoms with van der Waals surface area (Å²) in [4.78, 5) is 38.9. The summed E-state index contributed by atoms with van der Waals surface area (Å²) in [6, 6.07) is 0. The van der Waals surface area contributed by atoms with E-state index >= 15 is 0 Å². The lowest BCUT2D eigenvalue weighted by molar-refractivity contribution is -0.136. The van der Waals surface area contributed by atoms with Gasteiger partial charge in [-0.05, 0) is 35.4 Å². The van der Waals surface area contributed by atoms with Crippen molar-refractivity contribution in [3.8, 4) is 0 Å². The van der Waals surface area contributed by atoms with Gasteiger partial charge in [0, 0.05) is 19.0 Å². The quantitative estimate of drug-likeness (QED) is 0.428. The number of aliphatic imine (C=N–C) groups is 1. The number of nitrogens with one attached hydrogen (secondary N) is 2. The third kappa shape index (κ3) is 4.06. The summed E-state index contributed by atoms with van der Waals surface area (Å²) in [6.07, 6.45) is 1.55. The third-order valence-electron chi connectivity index (χ3n) is 4.80. The van der Waals surface area contributed by atoms with Crippen molar-refractivity contribution in [2.24, 2.45) is 10.9 Å². The molecule has 0 atom stereocenters. The molecule has 1 saturated heterocycles. The van der Waals surface area contributed by atoms with Crippen molar-refractivity contribution >= 4 is 52.0 Å². The smallest absolute Gasteiger partial charge is 0.280 e. The highest BCUT2D eigenvalue weighted by Gasteiger charge is 2.40. The number of hydrogen-bond acceptors (Lipinski definition) is 8. The Bertz CT molecular complexity index is 802. The number of rotatable bonds is 2. The monoisotopic (exact) mass is 486 g/mol. The highest BCUT2D eigenvalue weighted by atomic mass is 127. The SMILES string of the molecule is CC(C)C(=O)N1CCC2(CC1)CN=C(NC(=O)c1nc(I)c(N)nc1N)N2. The predicted octanol–water partition coefficient (Wildman–Crippen LogP) is -0.0482. The van der Waals surface area contributed by atoms with Gasteiger partial charge in [0.2, 0.25) is 5.91 Å². The molecule has 0 radical (unpaired) electrons. The van der Waals surface area contributed by atoms with Crippen LogP contribution in [0.2, 0.25) is 0 Å². The van der Waals surface area contributed by atoms with Crippen LogP contribution in [-0.2, 0) is 4.79 Å². The molecule has 3 heterocycles. The van der Waals surface area contributed by atoms with Gasteiger partial charge in [0.25, 0.3) is 5.91 Å². The molecule has 27 heavy (non-hydrogen) atoms. The van der Waals surface area contributed by atoms with Crippen LogP contribution in [0, 0.1) is 9.62 Å². The molecule has 0 aromatic carbocycles. The number of nitrogens with two attached hydrogens (primary N) is 2. The minimum absolute atomic E-state index is 0.00374. The second-order valence-electron chi connectivity index (χ2n) is 7.14. The molecule has 1 spiro atoms. The highest BCUT2D eigenvalue weighted by Crippen LogP contribution is 2.26. The van der Waals surface area contributed by atoms with Crippen molar-refractivity contribution in [2.45, 2.75) is 32.2 Å². The zero-order valence-electron chi connectivity index (χ0n) is 15.3. The molecule has 1 aromatic heterocycles. The molecule has 2 aliphatic rings. The van der Waals surface area contributed by atoms with Gasteiger partial charge in [0.15, 0.2) is 23.3 Å².